The van der Waals surface area contributed by atoms with Crippen LogP contribution in [0.25, 0.3) is 0 Å². The zero-order chi connectivity index (χ0) is 15.5. The van der Waals surface area contributed by atoms with Crippen molar-refractivity contribution in [1.82, 2.24) is 4.72 Å². The molecule has 0 unspecified atom stereocenters. The summed E-state index contributed by atoms with van der Waals surface area (Å²) in [7, 11) is -3.70. The first-order valence-electron chi connectivity index (χ1n) is 6.05. The van der Waals surface area contributed by atoms with Crippen LogP contribution in [0.3, 0.4) is 0 Å². The number of rotatable bonds is 5. The zero-order valence-electron chi connectivity index (χ0n) is 10.9. The van der Waals surface area contributed by atoms with Gasteiger partial charge in [0.2, 0.25) is 10.0 Å². The Morgan fingerprint density at radius 3 is 2.24 bits per heavy atom. The van der Waals surface area contributed by atoms with Crippen molar-refractivity contribution in [3.63, 3.8) is 0 Å². The largest absolute Gasteiger partial charge is 0.392 e. The molecule has 7 heteroatoms. The number of halogens is 2. The summed E-state index contributed by atoms with van der Waals surface area (Å²) in [5.41, 5.74) is 1.47. The normalized spacial score (nSPS) is 11.6. The first-order valence-corrected chi connectivity index (χ1v) is 8.29. The van der Waals surface area contributed by atoms with Gasteiger partial charge in [-0.05, 0) is 29.3 Å². The monoisotopic (exact) mass is 345 g/mol. The van der Waals surface area contributed by atoms with Gasteiger partial charge in [0, 0.05) is 16.6 Å². The summed E-state index contributed by atoms with van der Waals surface area (Å²) < 4.78 is 26.8. The van der Waals surface area contributed by atoms with Crippen LogP contribution in [0.2, 0.25) is 10.0 Å². The molecule has 2 rings (SSSR count). The first kappa shape index (κ1) is 16.3. The molecule has 112 valence electrons. The Morgan fingerprint density at radius 2 is 1.62 bits per heavy atom. The zero-order valence-corrected chi connectivity index (χ0v) is 13.2. The maximum Gasteiger partial charge on any atom is 0.240 e. The third-order valence-corrected chi connectivity index (χ3v) is 4.60. The number of hydrogen-bond donors (Lipinski definition) is 2. The van der Waals surface area contributed by atoms with Crippen molar-refractivity contribution in [3.8, 4) is 0 Å². The average Bonchev–Trinajstić information content (AvgIpc) is 2.44. The van der Waals surface area contributed by atoms with Crippen LogP contribution in [-0.2, 0) is 23.2 Å². The van der Waals surface area contributed by atoms with Crippen LogP contribution >= 0.6 is 23.2 Å². The predicted octanol–water partition coefficient (Wildman–Crippen LogP) is 2.96. The van der Waals surface area contributed by atoms with Gasteiger partial charge in [-0.15, -0.1) is 0 Å². The molecule has 0 aliphatic heterocycles. The lowest BCUT2D eigenvalue weighted by molar-refractivity contribution is 0.281. The second-order valence-corrected chi connectivity index (χ2v) is 7.05. The average molecular weight is 346 g/mol. The summed E-state index contributed by atoms with van der Waals surface area (Å²) >= 11 is 11.6. The second kappa shape index (κ2) is 6.77. The van der Waals surface area contributed by atoms with Crippen molar-refractivity contribution in [1.29, 1.82) is 0 Å². The van der Waals surface area contributed by atoms with Crippen molar-refractivity contribution in [2.24, 2.45) is 0 Å². The quantitative estimate of drug-likeness (QED) is 0.875. The summed E-state index contributed by atoms with van der Waals surface area (Å²) in [6.07, 6.45) is 0. The van der Waals surface area contributed by atoms with Crippen molar-refractivity contribution in [3.05, 3.63) is 63.6 Å². The van der Waals surface area contributed by atoms with Crippen LogP contribution in [-0.4, -0.2) is 13.5 Å². The van der Waals surface area contributed by atoms with E-state index in [1.54, 1.807) is 24.3 Å². The van der Waals surface area contributed by atoms with E-state index in [4.69, 9.17) is 28.3 Å². The Morgan fingerprint density at radius 1 is 1.00 bits per heavy atom. The van der Waals surface area contributed by atoms with Crippen molar-refractivity contribution in [2.75, 3.05) is 0 Å². The minimum atomic E-state index is -3.70. The lowest BCUT2D eigenvalue weighted by atomic mass is 10.1. The summed E-state index contributed by atoms with van der Waals surface area (Å²) in [5.74, 6) is 0. The van der Waals surface area contributed by atoms with Gasteiger partial charge in [0.25, 0.3) is 0 Å². The van der Waals surface area contributed by atoms with Gasteiger partial charge in [-0.1, -0.05) is 47.5 Å². The summed E-state index contributed by atoms with van der Waals surface area (Å²) in [4.78, 5) is 0.0123. The smallest absolute Gasteiger partial charge is 0.240 e. The van der Waals surface area contributed by atoms with Crippen LogP contribution in [0, 0.1) is 0 Å². The molecule has 21 heavy (non-hydrogen) atoms. The molecule has 0 heterocycles. The van der Waals surface area contributed by atoms with E-state index in [1.807, 2.05) is 0 Å². The standard InChI is InChI=1S/C14H13Cl2NO3S/c15-12-5-13(16)7-14(6-12)21(19,20)17-8-10-2-1-3-11(4-10)9-18/h1-7,17-18H,8-9H2. The minimum Gasteiger partial charge on any atom is -0.392 e. The van der Waals surface area contributed by atoms with E-state index >= 15 is 0 Å². The molecule has 0 aromatic heterocycles. The highest BCUT2D eigenvalue weighted by Crippen LogP contribution is 2.22. The summed E-state index contributed by atoms with van der Waals surface area (Å²) in [6.45, 7) is 0.0186. The molecule has 0 saturated heterocycles. The van der Waals surface area contributed by atoms with Crippen molar-refractivity contribution < 1.29 is 13.5 Å². The highest BCUT2D eigenvalue weighted by Gasteiger charge is 2.15. The Labute approximate surface area is 133 Å². The number of nitrogens with one attached hydrogen (secondary N) is 1. The van der Waals surface area contributed by atoms with Gasteiger partial charge in [-0.25, -0.2) is 13.1 Å². The predicted molar refractivity (Wildman–Crippen MR) is 82.9 cm³/mol. The number of sulfonamides is 1. The second-order valence-electron chi connectivity index (χ2n) is 4.41. The molecule has 0 bridgehead atoms. The molecular weight excluding hydrogens is 333 g/mol. The fourth-order valence-electron chi connectivity index (χ4n) is 1.78. The van der Waals surface area contributed by atoms with Crippen molar-refractivity contribution >= 4 is 33.2 Å². The molecule has 0 saturated carbocycles. The van der Waals surface area contributed by atoms with Gasteiger partial charge in [0.1, 0.15) is 0 Å². The third-order valence-electron chi connectivity index (χ3n) is 2.79. The van der Waals surface area contributed by atoms with Gasteiger partial charge >= 0.3 is 0 Å². The SMILES string of the molecule is O=S(=O)(NCc1cccc(CO)c1)c1cc(Cl)cc(Cl)c1. The van der Waals surface area contributed by atoms with Crippen LogP contribution in [0.4, 0.5) is 0 Å². The number of benzene rings is 2. The maximum absolute atomic E-state index is 12.2. The summed E-state index contributed by atoms with van der Waals surface area (Å²) in [5, 5.41) is 9.57. The van der Waals surface area contributed by atoms with E-state index in [1.165, 1.54) is 18.2 Å². The van der Waals surface area contributed by atoms with E-state index < -0.39 is 10.0 Å². The number of aliphatic hydroxyl groups is 1. The highest BCUT2D eigenvalue weighted by molar-refractivity contribution is 7.89. The Kier molecular flexibility index (Phi) is 5.24. The molecule has 2 aromatic rings. The molecule has 0 amide bonds. The molecule has 0 aliphatic carbocycles. The van der Waals surface area contributed by atoms with Crippen LogP contribution in [0.5, 0.6) is 0 Å². The highest BCUT2D eigenvalue weighted by atomic mass is 35.5. The molecule has 4 nitrogen and oxygen atoms in total. The Bertz CT molecular complexity index is 727. The van der Waals surface area contributed by atoms with Crippen LogP contribution in [0.15, 0.2) is 47.4 Å². The van der Waals surface area contributed by atoms with Gasteiger partial charge in [-0.2, -0.15) is 0 Å². The van der Waals surface area contributed by atoms with Crippen molar-refractivity contribution in [2.45, 2.75) is 18.0 Å². The maximum atomic E-state index is 12.2. The van der Waals surface area contributed by atoms with E-state index in [9.17, 15) is 8.42 Å². The van der Waals surface area contributed by atoms with E-state index in [2.05, 4.69) is 4.72 Å². The minimum absolute atomic E-state index is 0.0123. The molecule has 2 N–H and O–H groups in total. The molecule has 0 aliphatic rings. The lowest BCUT2D eigenvalue weighted by Crippen LogP contribution is -2.23. The van der Waals surface area contributed by atoms with Gasteiger partial charge in [0.05, 0.1) is 11.5 Å². The third kappa shape index (κ3) is 4.43. The summed E-state index contributed by atoms with van der Waals surface area (Å²) in [6, 6.07) is 11.1. The van der Waals surface area contributed by atoms with E-state index in [0.29, 0.717) is 0 Å². The van der Waals surface area contributed by atoms with Crippen LogP contribution < -0.4 is 4.72 Å². The number of hydrogen-bond acceptors (Lipinski definition) is 3. The molecule has 2 aromatic carbocycles. The van der Waals surface area contributed by atoms with Gasteiger partial charge in [0.15, 0.2) is 0 Å². The first-order chi connectivity index (χ1) is 9.90. The van der Waals surface area contributed by atoms with Crippen LogP contribution in [0.1, 0.15) is 11.1 Å². The van der Waals surface area contributed by atoms with E-state index in [-0.39, 0.29) is 28.1 Å². The van der Waals surface area contributed by atoms with Gasteiger partial charge < -0.3 is 5.11 Å². The Balaban J connectivity index is 2.17. The van der Waals surface area contributed by atoms with E-state index in [0.717, 1.165) is 11.1 Å². The fourth-order valence-corrected chi connectivity index (χ4v) is 3.53. The number of aliphatic hydroxyl groups excluding tert-OH is 1. The topological polar surface area (TPSA) is 66.4 Å². The Hall–Kier alpha value is -1.11. The fraction of sp³-hybridized carbons (Fsp3) is 0.143. The molecular formula is C14H13Cl2NO3S. The molecule has 0 fully saturated rings. The molecule has 0 spiro atoms. The lowest BCUT2D eigenvalue weighted by Gasteiger charge is -2.08. The molecule has 0 radical (unpaired) electrons. The van der Waals surface area contributed by atoms with Gasteiger partial charge in [-0.3, -0.25) is 0 Å². The molecule has 0 atom stereocenters.